The van der Waals surface area contributed by atoms with Gasteiger partial charge in [0.25, 0.3) is 0 Å². The molecule has 0 radical (unpaired) electrons. The molecule has 0 spiro atoms. The first-order valence-electron chi connectivity index (χ1n) is 6.54. The summed E-state index contributed by atoms with van der Waals surface area (Å²) in [5.41, 5.74) is 0.215. The Kier molecular flexibility index (Phi) is 4.58. The number of carbonyl (C=O) groups is 1. The maximum Gasteiger partial charge on any atom is 0.340 e. The fourth-order valence-electron chi connectivity index (χ4n) is 2.13. The number of benzene rings is 2. The van der Waals surface area contributed by atoms with E-state index in [9.17, 15) is 9.90 Å². The van der Waals surface area contributed by atoms with Gasteiger partial charge in [-0.3, -0.25) is 0 Å². The van der Waals surface area contributed by atoms with Crippen molar-refractivity contribution in [1.82, 2.24) is 0 Å². The highest BCUT2D eigenvalue weighted by Crippen LogP contribution is 2.29. The lowest BCUT2D eigenvalue weighted by Gasteiger charge is -2.17. The Labute approximate surface area is 117 Å². The fourth-order valence-corrected chi connectivity index (χ4v) is 2.13. The van der Waals surface area contributed by atoms with Crippen LogP contribution in [-0.4, -0.2) is 30.9 Å². The topological polar surface area (TPSA) is 55.8 Å². The molecule has 20 heavy (non-hydrogen) atoms. The van der Waals surface area contributed by atoms with Crippen LogP contribution in [0.2, 0.25) is 0 Å². The first-order valence-corrected chi connectivity index (χ1v) is 6.54. The fraction of sp³-hybridized carbons (Fsp3) is 0.312. The second-order valence-corrected chi connectivity index (χ2v) is 4.67. The molecule has 0 saturated carbocycles. The molecule has 0 amide bonds. The number of rotatable bonds is 6. The first-order chi connectivity index (χ1) is 9.63. The summed E-state index contributed by atoms with van der Waals surface area (Å²) in [6.07, 6.45) is 0.608. The molecule has 0 aliphatic carbocycles. The smallest absolute Gasteiger partial charge is 0.340 e. The van der Waals surface area contributed by atoms with Gasteiger partial charge in [-0.05, 0) is 23.8 Å². The van der Waals surface area contributed by atoms with E-state index in [2.05, 4.69) is 0 Å². The highest BCUT2D eigenvalue weighted by Gasteiger charge is 2.17. The molecule has 4 heteroatoms. The van der Waals surface area contributed by atoms with Crippen LogP contribution in [0.25, 0.3) is 10.8 Å². The highest BCUT2D eigenvalue weighted by atomic mass is 16.5. The van der Waals surface area contributed by atoms with Crippen molar-refractivity contribution in [2.24, 2.45) is 0 Å². The number of methoxy groups -OCH3 is 1. The lowest BCUT2D eigenvalue weighted by atomic mass is 10.0. The number of fused-ring (bicyclic) bond motifs is 1. The van der Waals surface area contributed by atoms with Crippen molar-refractivity contribution in [2.75, 3.05) is 13.7 Å². The second kappa shape index (κ2) is 6.39. The molecule has 1 N–H and O–H groups in total. The van der Waals surface area contributed by atoms with E-state index in [0.717, 1.165) is 5.39 Å². The van der Waals surface area contributed by atoms with Crippen molar-refractivity contribution in [2.45, 2.75) is 19.4 Å². The summed E-state index contributed by atoms with van der Waals surface area (Å²) in [5, 5.41) is 11.0. The van der Waals surface area contributed by atoms with Crippen LogP contribution < -0.4 is 4.74 Å². The predicted octanol–water partition coefficient (Wildman–Crippen LogP) is 3.34. The summed E-state index contributed by atoms with van der Waals surface area (Å²) in [7, 11) is 1.63. The summed E-state index contributed by atoms with van der Waals surface area (Å²) in [5.74, 6) is -0.574. The number of hydrogen-bond acceptors (Lipinski definition) is 3. The lowest BCUT2D eigenvalue weighted by Crippen LogP contribution is -2.16. The highest BCUT2D eigenvalue weighted by molar-refractivity contribution is 6.06. The summed E-state index contributed by atoms with van der Waals surface area (Å²) in [6.45, 7) is 2.48. The largest absolute Gasteiger partial charge is 0.490 e. The van der Waals surface area contributed by atoms with Gasteiger partial charge in [-0.15, -0.1) is 0 Å². The van der Waals surface area contributed by atoms with E-state index in [1.807, 2.05) is 31.2 Å². The molecule has 2 rings (SSSR count). The average Bonchev–Trinajstić information content (AvgIpc) is 2.44. The molecule has 1 unspecified atom stereocenters. The quantitative estimate of drug-likeness (QED) is 0.877. The van der Waals surface area contributed by atoms with Crippen LogP contribution >= 0.6 is 0 Å². The Morgan fingerprint density at radius 3 is 2.70 bits per heavy atom. The number of carboxylic acids is 1. The van der Waals surface area contributed by atoms with Crippen molar-refractivity contribution in [3.05, 3.63) is 42.0 Å². The molecule has 0 aromatic heterocycles. The number of ether oxygens (including phenoxy) is 2. The SMILES string of the molecule is COCCC(C)Oc1ccc2ccccc2c1C(=O)O. The Balaban J connectivity index is 2.37. The van der Waals surface area contributed by atoms with Crippen molar-refractivity contribution in [3.8, 4) is 5.75 Å². The summed E-state index contributed by atoms with van der Waals surface area (Å²) in [4.78, 5) is 11.5. The van der Waals surface area contributed by atoms with Crippen LogP contribution in [0.5, 0.6) is 5.75 Å². The van der Waals surface area contributed by atoms with Gasteiger partial charge in [-0.2, -0.15) is 0 Å². The van der Waals surface area contributed by atoms with Gasteiger partial charge >= 0.3 is 5.97 Å². The monoisotopic (exact) mass is 274 g/mol. The third kappa shape index (κ3) is 3.08. The van der Waals surface area contributed by atoms with Gasteiger partial charge in [-0.25, -0.2) is 4.79 Å². The summed E-state index contributed by atoms with van der Waals surface area (Å²) < 4.78 is 10.8. The average molecular weight is 274 g/mol. The minimum atomic E-state index is -0.976. The van der Waals surface area contributed by atoms with Crippen LogP contribution in [0, 0.1) is 0 Å². The van der Waals surface area contributed by atoms with Gasteiger partial charge in [0.05, 0.1) is 6.10 Å². The summed E-state index contributed by atoms with van der Waals surface area (Å²) >= 11 is 0. The Bertz CT molecular complexity index is 606. The maximum atomic E-state index is 11.5. The third-order valence-electron chi connectivity index (χ3n) is 3.16. The Morgan fingerprint density at radius 2 is 2.00 bits per heavy atom. The number of hydrogen-bond donors (Lipinski definition) is 1. The molecule has 0 aliphatic rings. The Morgan fingerprint density at radius 1 is 1.25 bits per heavy atom. The van der Waals surface area contributed by atoms with E-state index < -0.39 is 5.97 Å². The van der Waals surface area contributed by atoms with Crippen LogP contribution in [0.15, 0.2) is 36.4 Å². The maximum absolute atomic E-state index is 11.5. The molecule has 0 aliphatic heterocycles. The number of carboxylic acid groups (broad SMARTS) is 1. The second-order valence-electron chi connectivity index (χ2n) is 4.67. The van der Waals surface area contributed by atoms with Crippen LogP contribution in [0.1, 0.15) is 23.7 Å². The van der Waals surface area contributed by atoms with Crippen LogP contribution in [-0.2, 0) is 4.74 Å². The van der Waals surface area contributed by atoms with Crippen LogP contribution in [0.3, 0.4) is 0 Å². The normalized spacial score (nSPS) is 12.3. The van der Waals surface area contributed by atoms with Gasteiger partial charge in [0.2, 0.25) is 0 Å². The molecule has 0 bridgehead atoms. The van der Waals surface area contributed by atoms with Crippen molar-refractivity contribution in [1.29, 1.82) is 0 Å². The van der Waals surface area contributed by atoms with E-state index in [0.29, 0.717) is 24.2 Å². The molecule has 2 aromatic rings. The van der Waals surface area contributed by atoms with Gasteiger partial charge in [0.1, 0.15) is 11.3 Å². The molecule has 1 atom stereocenters. The van der Waals surface area contributed by atoms with Gasteiger partial charge in [0, 0.05) is 20.1 Å². The van der Waals surface area contributed by atoms with Gasteiger partial charge in [0.15, 0.2) is 0 Å². The van der Waals surface area contributed by atoms with Crippen molar-refractivity contribution < 1.29 is 19.4 Å². The minimum Gasteiger partial charge on any atom is -0.490 e. The predicted molar refractivity (Wildman–Crippen MR) is 77.5 cm³/mol. The van der Waals surface area contributed by atoms with Crippen molar-refractivity contribution >= 4 is 16.7 Å². The van der Waals surface area contributed by atoms with Gasteiger partial charge < -0.3 is 14.6 Å². The molecule has 2 aromatic carbocycles. The first kappa shape index (κ1) is 14.3. The van der Waals surface area contributed by atoms with E-state index in [1.54, 1.807) is 19.2 Å². The van der Waals surface area contributed by atoms with E-state index >= 15 is 0 Å². The summed E-state index contributed by atoms with van der Waals surface area (Å²) in [6, 6.07) is 11.0. The van der Waals surface area contributed by atoms with E-state index in [-0.39, 0.29) is 11.7 Å². The molecule has 0 saturated heterocycles. The Hall–Kier alpha value is -2.07. The molecular weight excluding hydrogens is 256 g/mol. The molecular formula is C16H18O4. The molecule has 4 nitrogen and oxygen atoms in total. The lowest BCUT2D eigenvalue weighted by molar-refractivity contribution is 0.0690. The standard InChI is InChI=1S/C16H18O4/c1-11(9-10-19-2)20-14-8-7-12-5-3-4-6-13(12)15(14)16(17)18/h3-8,11H,9-10H2,1-2H3,(H,17,18). The van der Waals surface area contributed by atoms with Gasteiger partial charge in [-0.1, -0.05) is 30.3 Å². The van der Waals surface area contributed by atoms with E-state index in [1.165, 1.54) is 0 Å². The van der Waals surface area contributed by atoms with Crippen molar-refractivity contribution in [3.63, 3.8) is 0 Å². The third-order valence-corrected chi connectivity index (χ3v) is 3.16. The molecule has 0 fully saturated rings. The molecule has 0 heterocycles. The zero-order valence-corrected chi connectivity index (χ0v) is 11.6. The minimum absolute atomic E-state index is 0.103. The zero-order valence-electron chi connectivity index (χ0n) is 11.6. The zero-order chi connectivity index (χ0) is 14.5. The molecule has 106 valence electrons. The number of aromatic carboxylic acids is 1. The van der Waals surface area contributed by atoms with E-state index in [4.69, 9.17) is 9.47 Å². The van der Waals surface area contributed by atoms with Crippen LogP contribution in [0.4, 0.5) is 0 Å².